The maximum absolute atomic E-state index is 11.2. The minimum atomic E-state index is -0.949. The fraction of sp³-hybridized carbons (Fsp3) is 0.278. The second-order valence-corrected chi connectivity index (χ2v) is 5.12. The number of hydrogen-bond donors (Lipinski definition) is 2. The molecule has 0 aliphatic carbocycles. The maximum Gasteiger partial charge on any atom is 0.335 e. The van der Waals surface area contributed by atoms with E-state index in [1.54, 1.807) is 24.3 Å². The van der Waals surface area contributed by atoms with Crippen molar-refractivity contribution in [3.8, 4) is 5.75 Å². The van der Waals surface area contributed by atoms with E-state index in [4.69, 9.17) is 0 Å². The SMILES string of the molecule is CCN(CC)c1ccc(Cc2ccccc2C(=O)O)c(O)c1. The summed E-state index contributed by atoms with van der Waals surface area (Å²) in [5.41, 5.74) is 2.66. The third-order valence-corrected chi connectivity index (χ3v) is 3.83. The van der Waals surface area contributed by atoms with Crippen LogP contribution in [0.15, 0.2) is 42.5 Å². The first-order chi connectivity index (χ1) is 10.6. The molecule has 116 valence electrons. The van der Waals surface area contributed by atoms with Gasteiger partial charge in [-0.15, -0.1) is 0 Å². The van der Waals surface area contributed by atoms with Crippen LogP contribution >= 0.6 is 0 Å². The summed E-state index contributed by atoms with van der Waals surface area (Å²) in [5, 5.41) is 19.5. The zero-order valence-electron chi connectivity index (χ0n) is 12.9. The number of benzene rings is 2. The Labute approximate surface area is 130 Å². The zero-order chi connectivity index (χ0) is 16.1. The van der Waals surface area contributed by atoms with Crippen molar-refractivity contribution in [1.29, 1.82) is 0 Å². The lowest BCUT2D eigenvalue weighted by molar-refractivity contribution is 0.0696. The molecule has 4 heteroatoms. The van der Waals surface area contributed by atoms with Crippen molar-refractivity contribution >= 4 is 11.7 Å². The van der Waals surface area contributed by atoms with Crippen molar-refractivity contribution in [2.45, 2.75) is 20.3 Å². The molecule has 0 spiro atoms. The Morgan fingerprint density at radius 1 is 1.05 bits per heavy atom. The van der Waals surface area contributed by atoms with Gasteiger partial charge < -0.3 is 15.1 Å². The van der Waals surface area contributed by atoms with E-state index in [0.29, 0.717) is 12.0 Å². The van der Waals surface area contributed by atoms with Gasteiger partial charge in [-0.1, -0.05) is 24.3 Å². The number of hydrogen-bond acceptors (Lipinski definition) is 3. The summed E-state index contributed by atoms with van der Waals surface area (Å²) in [5.74, 6) is -0.751. The van der Waals surface area contributed by atoms with Crippen LogP contribution in [-0.2, 0) is 6.42 Å². The summed E-state index contributed by atoms with van der Waals surface area (Å²) in [6.45, 7) is 5.88. The van der Waals surface area contributed by atoms with Crippen molar-refractivity contribution < 1.29 is 15.0 Å². The summed E-state index contributed by atoms with van der Waals surface area (Å²) in [6, 6.07) is 12.4. The number of aromatic hydroxyl groups is 1. The first-order valence-corrected chi connectivity index (χ1v) is 7.44. The molecule has 22 heavy (non-hydrogen) atoms. The lowest BCUT2D eigenvalue weighted by Crippen LogP contribution is -2.21. The van der Waals surface area contributed by atoms with E-state index in [2.05, 4.69) is 18.7 Å². The van der Waals surface area contributed by atoms with Crippen LogP contribution in [0.2, 0.25) is 0 Å². The molecule has 0 saturated carbocycles. The molecule has 0 aliphatic rings. The molecule has 0 bridgehead atoms. The highest BCUT2D eigenvalue weighted by atomic mass is 16.4. The predicted octanol–water partition coefficient (Wildman–Crippen LogP) is 3.53. The van der Waals surface area contributed by atoms with Crippen molar-refractivity contribution in [2.24, 2.45) is 0 Å². The average molecular weight is 299 g/mol. The second kappa shape index (κ2) is 6.98. The molecule has 0 radical (unpaired) electrons. The first-order valence-electron chi connectivity index (χ1n) is 7.44. The van der Waals surface area contributed by atoms with E-state index < -0.39 is 5.97 Å². The summed E-state index contributed by atoms with van der Waals surface area (Å²) >= 11 is 0. The van der Waals surface area contributed by atoms with E-state index in [9.17, 15) is 15.0 Å². The average Bonchev–Trinajstić information content (AvgIpc) is 2.51. The predicted molar refractivity (Wildman–Crippen MR) is 87.9 cm³/mol. The van der Waals surface area contributed by atoms with E-state index in [1.807, 2.05) is 18.2 Å². The van der Waals surface area contributed by atoms with E-state index in [1.165, 1.54) is 0 Å². The van der Waals surface area contributed by atoms with Gasteiger partial charge in [0.2, 0.25) is 0 Å². The number of rotatable bonds is 6. The van der Waals surface area contributed by atoms with E-state index in [-0.39, 0.29) is 11.3 Å². The van der Waals surface area contributed by atoms with Crippen LogP contribution in [0, 0.1) is 0 Å². The smallest absolute Gasteiger partial charge is 0.335 e. The molecule has 0 fully saturated rings. The van der Waals surface area contributed by atoms with Gasteiger partial charge in [0.15, 0.2) is 0 Å². The van der Waals surface area contributed by atoms with Gasteiger partial charge in [-0.3, -0.25) is 0 Å². The number of nitrogens with zero attached hydrogens (tertiary/aromatic N) is 1. The second-order valence-electron chi connectivity index (χ2n) is 5.12. The summed E-state index contributed by atoms with van der Waals surface area (Å²) in [6.07, 6.45) is 0.396. The normalized spacial score (nSPS) is 10.5. The lowest BCUT2D eigenvalue weighted by Gasteiger charge is -2.21. The molecule has 2 rings (SSSR count). The number of carboxylic acid groups (broad SMARTS) is 1. The number of aromatic carboxylic acids is 1. The van der Waals surface area contributed by atoms with E-state index in [0.717, 1.165) is 24.3 Å². The fourth-order valence-corrected chi connectivity index (χ4v) is 2.58. The van der Waals surface area contributed by atoms with Gasteiger partial charge in [-0.2, -0.15) is 0 Å². The number of carbonyl (C=O) groups is 1. The minimum absolute atomic E-state index is 0.199. The Balaban J connectivity index is 2.30. The monoisotopic (exact) mass is 299 g/mol. The van der Waals surface area contributed by atoms with Crippen molar-refractivity contribution in [1.82, 2.24) is 0 Å². The molecule has 2 aromatic rings. The minimum Gasteiger partial charge on any atom is -0.508 e. The Morgan fingerprint density at radius 2 is 1.73 bits per heavy atom. The summed E-state index contributed by atoms with van der Waals surface area (Å²) < 4.78 is 0. The van der Waals surface area contributed by atoms with Crippen LogP contribution in [0.4, 0.5) is 5.69 Å². The molecule has 2 N–H and O–H groups in total. The number of phenols is 1. The van der Waals surface area contributed by atoms with Gasteiger partial charge in [0, 0.05) is 31.3 Å². The standard InChI is InChI=1S/C18H21NO3/c1-3-19(4-2)15-10-9-14(17(20)12-15)11-13-7-5-6-8-16(13)18(21)22/h5-10,12,20H,3-4,11H2,1-2H3,(H,21,22). The highest BCUT2D eigenvalue weighted by Gasteiger charge is 2.12. The van der Waals surface area contributed by atoms with Gasteiger partial charge in [0.1, 0.15) is 5.75 Å². The number of carboxylic acids is 1. The molecule has 0 saturated heterocycles. The van der Waals surface area contributed by atoms with Crippen molar-refractivity contribution in [3.63, 3.8) is 0 Å². The highest BCUT2D eigenvalue weighted by Crippen LogP contribution is 2.27. The Bertz CT molecular complexity index is 663. The number of phenolic OH excluding ortho intramolecular Hbond substituents is 1. The topological polar surface area (TPSA) is 60.8 Å². The van der Waals surface area contributed by atoms with Gasteiger partial charge in [0.05, 0.1) is 5.56 Å². The first kappa shape index (κ1) is 15.9. The van der Waals surface area contributed by atoms with Crippen LogP contribution in [0.25, 0.3) is 0 Å². The summed E-state index contributed by atoms with van der Waals surface area (Å²) in [4.78, 5) is 13.4. The lowest BCUT2D eigenvalue weighted by atomic mass is 9.99. The molecule has 4 nitrogen and oxygen atoms in total. The van der Waals surface area contributed by atoms with Gasteiger partial charge in [-0.05, 0) is 37.1 Å². The molecule has 0 aliphatic heterocycles. The van der Waals surface area contributed by atoms with Crippen molar-refractivity contribution in [2.75, 3.05) is 18.0 Å². The molecular weight excluding hydrogens is 278 g/mol. The van der Waals surface area contributed by atoms with Crippen LogP contribution in [0.1, 0.15) is 35.3 Å². The Kier molecular flexibility index (Phi) is 5.04. The Hall–Kier alpha value is -2.49. The maximum atomic E-state index is 11.2. The summed E-state index contributed by atoms with van der Waals surface area (Å²) in [7, 11) is 0. The van der Waals surface area contributed by atoms with Crippen LogP contribution in [0.5, 0.6) is 5.75 Å². The highest BCUT2D eigenvalue weighted by molar-refractivity contribution is 5.89. The van der Waals surface area contributed by atoms with Gasteiger partial charge in [0.25, 0.3) is 0 Å². The van der Waals surface area contributed by atoms with Crippen molar-refractivity contribution in [3.05, 3.63) is 59.2 Å². The van der Waals surface area contributed by atoms with Crippen LogP contribution < -0.4 is 4.90 Å². The largest absolute Gasteiger partial charge is 0.508 e. The molecule has 0 heterocycles. The molecule has 0 amide bonds. The number of anilines is 1. The zero-order valence-corrected chi connectivity index (χ0v) is 12.9. The van der Waals surface area contributed by atoms with E-state index >= 15 is 0 Å². The van der Waals surface area contributed by atoms with Crippen LogP contribution in [-0.4, -0.2) is 29.3 Å². The molecule has 0 aromatic heterocycles. The Morgan fingerprint density at radius 3 is 2.32 bits per heavy atom. The quantitative estimate of drug-likeness (QED) is 0.856. The molecule has 2 aromatic carbocycles. The van der Waals surface area contributed by atoms with Gasteiger partial charge >= 0.3 is 5.97 Å². The third-order valence-electron chi connectivity index (χ3n) is 3.83. The molecule has 0 unspecified atom stereocenters. The van der Waals surface area contributed by atoms with Gasteiger partial charge in [-0.25, -0.2) is 4.79 Å². The fourth-order valence-electron chi connectivity index (χ4n) is 2.58. The molecular formula is C18H21NO3. The third kappa shape index (κ3) is 3.39. The van der Waals surface area contributed by atoms with Crippen LogP contribution in [0.3, 0.4) is 0 Å². The molecule has 0 atom stereocenters.